The molecule has 0 aliphatic carbocycles. The number of nitrogens with one attached hydrogen (secondary N) is 1. The molecule has 0 unspecified atom stereocenters. The molecule has 100 valence electrons. The predicted octanol–water partition coefficient (Wildman–Crippen LogP) is 2.08. The van der Waals surface area contributed by atoms with Crippen LogP contribution in [-0.2, 0) is 11.3 Å². The number of hydrogen-bond donors (Lipinski definition) is 2. The summed E-state index contributed by atoms with van der Waals surface area (Å²) in [5, 5.41) is 12.7. The van der Waals surface area contributed by atoms with E-state index in [-0.39, 0.29) is 5.75 Å². The number of benzene rings is 1. The fourth-order valence-electron chi connectivity index (χ4n) is 1.46. The zero-order valence-corrected chi connectivity index (χ0v) is 11.0. The highest BCUT2D eigenvalue weighted by atomic mass is 16.5. The molecule has 0 bridgehead atoms. The summed E-state index contributed by atoms with van der Waals surface area (Å²) in [5.41, 5.74) is 2.09. The molecule has 0 heterocycles. The van der Waals surface area contributed by atoms with Gasteiger partial charge in [0.2, 0.25) is 0 Å². The minimum Gasteiger partial charge on any atom is -0.504 e. The first-order chi connectivity index (χ1) is 8.63. The lowest BCUT2D eigenvalue weighted by atomic mass is 10.2. The number of methoxy groups -OCH3 is 1. The summed E-state index contributed by atoms with van der Waals surface area (Å²) < 4.78 is 10.4. The van der Waals surface area contributed by atoms with Gasteiger partial charge in [-0.2, -0.15) is 0 Å². The first-order valence-corrected chi connectivity index (χ1v) is 5.92. The van der Waals surface area contributed by atoms with Crippen molar-refractivity contribution >= 4 is 0 Å². The normalized spacial score (nSPS) is 10.3. The Labute approximate surface area is 108 Å². The third-order valence-corrected chi connectivity index (χ3v) is 2.34. The molecule has 0 atom stereocenters. The second kappa shape index (κ2) is 7.74. The summed E-state index contributed by atoms with van der Waals surface area (Å²) in [4.78, 5) is 0. The number of phenolic OH excluding ortho intramolecular Hbond substituents is 1. The van der Waals surface area contributed by atoms with Crippen LogP contribution < -0.4 is 10.1 Å². The highest BCUT2D eigenvalue weighted by Gasteiger charge is 2.02. The van der Waals surface area contributed by atoms with Crippen LogP contribution in [0.1, 0.15) is 12.5 Å². The summed E-state index contributed by atoms with van der Waals surface area (Å²) in [7, 11) is 1.54. The molecule has 1 aromatic carbocycles. The molecule has 0 saturated heterocycles. The van der Waals surface area contributed by atoms with Gasteiger partial charge in [0.25, 0.3) is 0 Å². The number of hydrogen-bond acceptors (Lipinski definition) is 4. The number of phenols is 1. The number of ether oxygens (including phenoxy) is 2. The zero-order chi connectivity index (χ0) is 13.4. The van der Waals surface area contributed by atoms with Gasteiger partial charge in [0, 0.05) is 13.1 Å². The molecule has 18 heavy (non-hydrogen) atoms. The summed E-state index contributed by atoms with van der Waals surface area (Å²) in [5.74, 6) is 0.652. The molecule has 4 heteroatoms. The Morgan fingerprint density at radius 1 is 1.44 bits per heavy atom. The van der Waals surface area contributed by atoms with Gasteiger partial charge < -0.3 is 19.9 Å². The molecule has 0 aliphatic heterocycles. The van der Waals surface area contributed by atoms with Crippen LogP contribution in [0.3, 0.4) is 0 Å². The molecule has 0 amide bonds. The molecule has 0 aromatic heterocycles. The number of rotatable bonds is 8. The van der Waals surface area contributed by atoms with E-state index in [4.69, 9.17) is 9.47 Å². The van der Waals surface area contributed by atoms with Crippen LogP contribution in [0.4, 0.5) is 0 Å². The van der Waals surface area contributed by atoms with Gasteiger partial charge in [-0.3, -0.25) is 0 Å². The van der Waals surface area contributed by atoms with Gasteiger partial charge in [0.1, 0.15) is 0 Å². The van der Waals surface area contributed by atoms with Gasteiger partial charge in [-0.25, -0.2) is 0 Å². The SMILES string of the molecule is C=C(C)COCCNCc1ccc(O)c(OC)c1. The largest absolute Gasteiger partial charge is 0.504 e. The minimum absolute atomic E-state index is 0.158. The monoisotopic (exact) mass is 251 g/mol. The van der Waals surface area contributed by atoms with Crippen LogP contribution in [-0.4, -0.2) is 32.0 Å². The lowest BCUT2D eigenvalue weighted by Crippen LogP contribution is -2.19. The van der Waals surface area contributed by atoms with Gasteiger partial charge in [0.05, 0.1) is 20.3 Å². The van der Waals surface area contributed by atoms with Crippen LogP contribution in [0.5, 0.6) is 11.5 Å². The van der Waals surface area contributed by atoms with Crippen molar-refractivity contribution in [3.05, 3.63) is 35.9 Å². The molecule has 0 aliphatic rings. The van der Waals surface area contributed by atoms with E-state index >= 15 is 0 Å². The van der Waals surface area contributed by atoms with Crippen LogP contribution >= 0.6 is 0 Å². The lowest BCUT2D eigenvalue weighted by molar-refractivity contribution is 0.158. The van der Waals surface area contributed by atoms with E-state index in [0.29, 0.717) is 25.5 Å². The van der Waals surface area contributed by atoms with Gasteiger partial charge in [0.15, 0.2) is 11.5 Å². The van der Waals surface area contributed by atoms with Crippen molar-refractivity contribution in [1.82, 2.24) is 5.32 Å². The van der Waals surface area contributed by atoms with Gasteiger partial charge >= 0.3 is 0 Å². The van der Waals surface area contributed by atoms with Crippen molar-refractivity contribution in [1.29, 1.82) is 0 Å². The first-order valence-electron chi connectivity index (χ1n) is 5.92. The van der Waals surface area contributed by atoms with Gasteiger partial charge in [-0.05, 0) is 24.6 Å². The third kappa shape index (κ3) is 5.21. The van der Waals surface area contributed by atoms with E-state index in [9.17, 15) is 5.11 Å². The second-order valence-corrected chi connectivity index (χ2v) is 4.19. The van der Waals surface area contributed by atoms with Gasteiger partial charge in [-0.15, -0.1) is 0 Å². The molecular weight excluding hydrogens is 230 g/mol. The molecule has 0 saturated carbocycles. The maximum Gasteiger partial charge on any atom is 0.160 e. The minimum atomic E-state index is 0.158. The maximum atomic E-state index is 9.45. The van der Waals surface area contributed by atoms with Crippen molar-refractivity contribution in [2.75, 3.05) is 26.9 Å². The Morgan fingerprint density at radius 2 is 2.22 bits per heavy atom. The Bertz CT molecular complexity index is 391. The zero-order valence-electron chi connectivity index (χ0n) is 11.0. The van der Waals surface area contributed by atoms with Crippen LogP contribution in [0.2, 0.25) is 0 Å². The van der Waals surface area contributed by atoms with Crippen LogP contribution in [0.25, 0.3) is 0 Å². The Kier molecular flexibility index (Phi) is 6.25. The molecule has 0 spiro atoms. The second-order valence-electron chi connectivity index (χ2n) is 4.19. The standard InChI is InChI=1S/C14H21NO3/c1-11(2)10-18-7-6-15-9-12-4-5-13(16)14(8-12)17-3/h4-5,8,15-16H,1,6-7,9-10H2,2-3H3. The molecule has 1 aromatic rings. The first kappa shape index (κ1) is 14.5. The topological polar surface area (TPSA) is 50.7 Å². The number of aromatic hydroxyl groups is 1. The summed E-state index contributed by atoms with van der Waals surface area (Å²) in [6.45, 7) is 8.46. The average Bonchev–Trinajstić information content (AvgIpc) is 2.35. The molecule has 0 fully saturated rings. The maximum absolute atomic E-state index is 9.45. The molecule has 4 nitrogen and oxygen atoms in total. The fraction of sp³-hybridized carbons (Fsp3) is 0.429. The molecule has 2 N–H and O–H groups in total. The summed E-state index contributed by atoms with van der Waals surface area (Å²) in [6.07, 6.45) is 0. The van der Waals surface area contributed by atoms with Crippen molar-refractivity contribution < 1.29 is 14.6 Å². The van der Waals surface area contributed by atoms with Gasteiger partial charge in [-0.1, -0.05) is 18.2 Å². The average molecular weight is 251 g/mol. The van der Waals surface area contributed by atoms with Crippen molar-refractivity contribution in [3.63, 3.8) is 0 Å². The van der Waals surface area contributed by atoms with E-state index in [1.807, 2.05) is 19.1 Å². The molecule has 0 radical (unpaired) electrons. The van der Waals surface area contributed by atoms with Crippen LogP contribution in [0, 0.1) is 0 Å². The molecule has 1 rings (SSSR count). The Balaban J connectivity index is 2.25. The van der Waals surface area contributed by atoms with E-state index in [1.165, 1.54) is 7.11 Å². The van der Waals surface area contributed by atoms with E-state index < -0.39 is 0 Å². The molecular formula is C14H21NO3. The van der Waals surface area contributed by atoms with E-state index in [0.717, 1.165) is 17.7 Å². The Hall–Kier alpha value is -1.52. The van der Waals surface area contributed by atoms with E-state index in [2.05, 4.69) is 11.9 Å². The highest BCUT2D eigenvalue weighted by molar-refractivity contribution is 5.41. The van der Waals surface area contributed by atoms with Crippen molar-refractivity contribution in [2.24, 2.45) is 0 Å². The predicted molar refractivity (Wildman–Crippen MR) is 72.0 cm³/mol. The van der Waals surface area contributed by atoms with Crippen molar-refractivity contribution in [3.8, 4) is 11.5 Å². The van der Waals surface area contributed by atoms with Crippen molar-refractivity contribution in [2.45, 2.75) is 13.5 Å². The fourth-order valence-corrected chi connectivity index (χ4v) is 1.46. The summed E-state index contributed by atoms with van der Waals surface area (Å²) in [6, 6.07) is 5.31. The smallest absolute Gasteiger partial charge is 0.160 e. The third-order valence-electron chi connectivity index (χ3n) is 2.34. The quantitative estimate of drug-likeness (QED) is 0.548. The van der Waals surface area contributed by atoms with E-state index in [1.54, 1.807) is 6.07 Å². The highest BCUT2D eigenvalue weighted by Crippen LogP contribution is 2.25. The Morgan fingerprint density at radius 3 is 2.89 bits per heavy atom. The van der Waals surface area contributed by atoms with Crippen LogP contribution in [0.15, 0.2) is 30.4 Å². The summed E-state index contributed by atoms with van der Waals surface area (Å²) >= 11 is 0. The lowest BCUT2D eigenvalue weighted by Gasteiger charge is -2.08.